The summed E-state index contributed by atoms with van der Waals surface area (Å²) >= 11 is 0. The molecule has 0 heterocycles. The fourth-order valence-electron chi connectivity index (χ4n) is 2.72. The number of hydrogen-bond acceptors (Lipinski definition) is 2. The van der Waals surface area contributed by atoms with Crippen LogP contribution in [0.15, 0.2) is 82.6 Å². The maximum atomic E-state index is 14.9. The first-order valence-electron chi connectivity index (χ1n) is 8.93. The van der Waals surface area contributed by atoms with Crippen LogP contribution in [0, 0.1) is 18.8 Å². The van der Waals surface area contributed by atoms with Crippen molar-refractivity contribution in [1.29, 1.82) is 0 Å². The summed E-state index contributed by atoms with van der Waals surface area (Å²) in [6, 6.07) is 21.7. The van der Waals surface area contributed by atoms with Gasteiger partial charge in [0, 0.05) is 27.3 Å². The smallest absolute Gasteiger partial charge is 0.137 e. The van der Waals surface area contributed by atoms with Crippen molar-refractivity contribution in [3.8, 4) is 17.6 Å². The van der Waals surface area contributed by atoms with Gasteiger partial charge in [-0.05, 0) is 49.4 Å². The van der Waals surface area contributed by atoms with E-state index >= 15 is 0 Å². The predicted octanol–water partition coefficient (Wildman–Crippen LogP) is 5.62. The fourth-order valence-corrected chi connectivity index (χ4v) is 3.97. The molecule has 0 amide bonds. The number of aryl methyl sites for hydroxylation is 1. The molecule has 3 aromatic rings. The number of ether oxygens (including phenoxy) is 1. The maximum Gasteiger partial charge on any atom is 0.137 e. The summed E-state index contributed by atoms with van der Waals surface area (Å²) in [7, 11) is 0.169. The quantitative estimate of drug-likeness (QED) is 0.527. The molecule has 0 saturated heterocycles. The lowest BCUT2D eigenvalue weighted by molar-refractivity contribution is 0.346. The van der Waals surface area contributed by atoms with Gasteiger partial charge in [-0.3, -0.25) is 0 Å². The minimum Gasteiger partial charge on any atom is -0.497 e. The molecule has 0 saturated carbocycles. The Labute approximate surface area is 167 Å². The minimum atomic E-state index is -1.43. The summed E-state index contributed by atoms with van der Waals surface area (Å²) < 4.78 is 32.9. The van der Waals surface area contributed by atoms with E-state index in [9.17, 15) is 8.60 Å². The first kappa shape index (κ1) is 19.9. The molecular weight excluding hydrogens is 371 g/mol. The van der Waals surface area contributed by atoms with E-state index in [1.165, 1.54) is 0 Å². The third-order valence-corrected chi connectivity index (χ3v) is 5.77. The lowest BCUT2D eigenvalue weighted by Gasteiger charge is -2.12. The number of methoxy groups -OCH3 is 1. The van der Waals surface area contributed by atoms with Gasteiger partial charge in [0.2, 0.25) is 0 Å². The Kier molecular flexibility index (Phi) is 6.62. The van der Waals surface area contributed by atoms with Gasteiger partial charge in [0.1, 0.15) is 11.9 Å². The van der Waals surface area contributed by atoms with Crippen LogP contribution in [0.4, 0.5) is 4.39 Å². The molecule has 2 atom stereocenters. The van der Waals surface area contributed by atoms with E-state index in [2.05, 4.69) is 11.8 Å². The molecule has 0 aliphatic rings. The highest BCUT2D eigenvalue weighted by Gasteiger charge is 2.18. The van der Waals surface area contributed by atoms with Gasteiger partial charge in [-0.2, -0.15) is 0 Å². The number of halogens is 1. The number of hydrogen-bond donors (Lipinski definition) is 0. The summed E-state index contributed by atoms with van der Waals surface area (Å²) in [5.41, 5.74) is 2.31. The molecule has 1 unspecified atom stereocenters. The topological polar surface area (TPSA) is 26.3 Å². The molecule has 0 aliphatic heterocycles. The number of benzene rings is 3. The highest BCUT2D eigenvalue weighted by atomic mass is 32.2. The van der Waals surface area contributed by atoms with Crippen molar-refractivity contribution in [2.45, 2.75) is 29.3 Å². The molecule has 28 heavy (non-hydrogen) atoms. The second-order valence-corrected chi connectivity index (χ2v) is 7.77. The highest BCUT2D eigenvalue weighted by molar-refractivity contribution is 7.85. The SMILES string of the molecule is COc1ccc(C#CC[C@H](F)c2ccccc2S(=O)c2ccc(C)cc2)cc1. The van der Waals surface area contributed by atoms with Gasteiger partial charge < -0.3 is 4.74 Å². The first-order valence-corrected chi connectivity index (χ1v) is 10.1. The third kappa shape index (κ3) is 4.88. The molecule has 0 fully saturated rings. The molecule has 142 valence electrons. The van der Waals surface area contributed by atoms with Crippen molar-refractivity contribution < 1.29 is 13.3 Å². The monoisotopic (exact) mass is 392 g/mol. The van der Waals surface area contributed by atoms with E-state index in [4.69, 9.17) is 4.74 Å². The molecule has 0 spiro atoms. The lowest BCUT2D eigenvalue weighted by Crippen LogP contribution is -2.01. The van der Waals surface area contributed by atoms with Gasteiger partial charge >= 0.3 is 0 Å². The molecule has 0 aromatic heterocycles. The van der Waals surface area contributed by atoms with Crippen LogP contribution in [0.25, 0.3) is 0 Å². The van der Waals surface area contributed by atoms with Gasteiger partial charge in [-0.1, -0.05) is 47.7 Å². The Morgan fingerprint density at radius 1 is 1.00 bits per heavy atom. The predicted molar refractivity (Wildman–Crippen MR) is 111 cm³/mol. The van der Waals surface area contributed by atoms with Gasteiger partial charge in [0.05, 0.1) is 17.9 Å². The van der Waals surface area contributed by atoms with Crippen LogP contribution in [-0.4, -0.2) is 11.3 Å². The maximum absolute atomic E-state index is 14.9. The summed E-state index contributed by atoms with van der Waals surface area (Å²) in [6.07, 6.45) is -1.27. The van der Waals surface area contributed by atoms with Crippen molar-refractivity contribution >= 4 is 10.8 Å². The Morgan fingerprint density at radius 2 is 1.68 bits per heavy atom. The second kappa shape index (κ2) is 9.34. The third-order valence-electron chi connectivity index (χ3n) is 4.30. The van der Waals surface area contributed by atoms with Crippen LogP contribution in [0.2, 0.25) is 0 Å². The van der Waals surface area contributed by atoms with Crippen molar-refractivity contribution in [2.24, 2.45) is 0 Å². The minimum absolute atomic E-state index is 0.0359. The molecule has 4 heteroatoms. The van der Waals surface area contributed by atoms with Crippen molar-refractivity contribution in [3.05, 3.63) is 89.5 Å². The average Bonchev–Trinajstić information content (AvgIpc) is 2.74. The molecule has 0 N–H and O–H groups in total. The first-order chi connectivity index (χ1) is 13.6. The average molecular weight is 392 g/mol. The number of rotatable bonds is 5. The zero-order valence-corrected chi connectivity index (χ0v) is 16.6. The largest absolute Gasteiger partial charge is 0.497 e. The van der Waals surface area contributed by atoms with E-state index in [0.29, 0.717) is 15.4 Å². The zero-order chi connectivity index (χ0) is 19.9. The summed E-state index contributed by atoms with van der Waals surface area (Å²) in [5, 5.41) is 0. The Morgan fingerprint density at radius 3 is 2.36 bits per heavy atom. The van der Waals surface area contributed by atoms with Crippen LogP contribution >= 0.6 is 0 Å². The number of alkyl halides is 1. The summed E-state index contributed by atoms with van der Waals surface area (Å²) in [6.45, 7) is 1.97. The van der Waals surface area contributed by atoms with E-state index in [1.807, 2.05) is 55.5 Å². The second-order valence-electron chi connectivity index (χ2n) is 6.32. The summed E-state index contributed by atoms with van der Waals surface area (Å²) in [4.78, 5) is 1.15. The fraction of sp³-hybridized carbons (Fsp3) is 0.167. The molecule has 2 nitrogen and oxygen atoms in total. The van der Waals surface area contributed by atoms with Crippen molar-refractivity contribution in [3.63, 3.8) is 0 Å². The highest BCUT2D eigenvalue weighted by Crippen LogP contribution is 2.29. The molecular formula is C24H21FO2S. The zero-order valence-electron chi connectivity index (χ0n) is 15.8. The van der Waals surface area contributed by atoms with Gasteiger partial charge in [0.25, 0.3) is 0 Å². The van der Waals surface area contributed by atoms with Crippen molar-refractivity contribution in [2.75, 3.05) is 7.11 Å². The van der Waals surface area contributed by atoms with Crippen LogP contribution in [0.1, 0.15) is 29.3 Å². The van der Waals surface area contributed by atoms with Crippen LogP contribution in [0.5, 0.6) is 5.75 Å². The Hall–Kier alpha value is -2.90. The van der Waals surface area contributed by atoms with E-state index in [0.717, 1.165) is 16.9 Å². The van der Waals surface area contributed by atoms with E-state index in [1.54, 1.807) is 31.4 Å². The van der Waals surface area contributed by atoms with Crippen LogP contribution < -0.4 is 4.74 Å². The van der Waals surface area contributed by atoms with Gasteiger partial charge in [-0.25, -0.2) is 8.60 Å². The van der Waals surface area contributed by atoms with Gasteiger partial charge in [-0.15, -0.1) is 0 Å². The lowest BCUT2D eigenvalue weighted by atomic mass is 10.1. The molecule has 3 aromatic carbocycles. The van der Waals surface area contributed by atoms with Crippen molar-refractivity contribution in [1.82, 2.24) is 0 Å². The van der Waals surface area contributed by atoms with E-state index in [-0.39, 0.29) is 6.42 Å². The van der Waals surface area contributed by atoms with Crippen LogP contribution in [-0.2, 0) is 10.8 Å². The van der Waals surface area contributed by atoms with E-state index < -0.39 is 17.0 Å². The summed E-state index contributed by atoms with van der Waals surface area (Å²) in [5.74, 6) is 6.60. The Balaban J connectivity index is 1.77. The molecule has 0 radical (unpaired) electrons. The molecule has 0 bridgehead atoms. The van der Waals surface area contributed by atoms with Crippen LogP contribution in [0.3, 0.4) is 0 Å². The normalized spacial score (nSPS) is 12.5. The van der Waals surface area contributed by atoms with Gasteiger partial charge in [0.15, 0.2) is 0 Å². The Bertz CT molecular complexity index is 1010. The molecule has 3 rings (SSSR count). The standard InChI is InChI=1S/C24H21FO2S/c1-18-10-16-21(17-11-18)28(26)24-9-4-3-7-22(24)23(25)8-5-6-19-12-14-20(27-2)15-13-19/h3-4,7,9-17,23H,8H2,1-2H3/t23-,28?/m0/s1. The molecule has 0 aliphatic carbocycles.